The van der Waals surface area contributed by atoms with Gasteiger partial charge in [-0.05, 0) is 36.2 Å². The van der Waals surface area contributed by atoms with Gasteiger partial charge < -0.3 is 10.1 Å². The van der Waals surface area contributed by atoms with Crippen LogP contribution in [0.5, 0.6) is 5.75 Å². The Bertz CT molecular complexity index is 440. The van der Waals surface area contributed by atoms with Crippen molar-refractivity contribution < 1.29 is 4.74 Å². The molecule has 1 aromatic heterocycles. The number of nitrogens with zero attached hydrogens (tertiary/aromatic N) is 1. The molecule has 1 N–H and O–H groups in total. The molecule has 1 aromatic carbocycles. The summed E-state index contributed by atoms with van der Waals surface area (Å²) in [6.45, 7) is 0.913. The monoisotopic (exact) mass is 228 g/mol. The highest BCUT2D eigenvalue weighted by Gasteiger charge is 1.95. The highest BCUT2D eigenvalue weighted by atomic mass is 16.5. The highest BCUT2D eigenvalue weighted by molar-refractivity contribution is 5.40. The highest BCUT2D eigenvalue weighted by Crippen LogP contribution is 2.12. The summed E-state index contributed by atoms with van der Waals surface area (Å²) in [6.07, 6.45) is 4.57. The summed E-state index contributed by atoms with van der Waals surface area (Å²) in [5, 5.41) is 3.35. The average molecular weight is 228 g/mol. The summed E-state index contributed by atoms with van der Waals surface area (Å²) in [5.41, 5.74) is 2.40. The SMILES string of the molecule is COc1ccc(CCNc2ccncc2)cc1. The number of ether oxygens (including phenoxy) is 1. The fraction of sp³-hybridized carbons (Fsp3) is 0.214. The third-order valence-electron chi connectivity index (χ3n) is 2.58. The van der Waals surface area contributed by atoms with Crippen LogP contribution in [0.2, 0.25) is 0 Å². The van der Waals surface area contributed by atoms with Gasteiger partial charge in [0.05, 0.1) is 7.11 Å². The van der Waals surface area contributed by atoms with Crippen LogP contribution in [0, 0.1) is 0 Å². The quantitative estimate of drug-likeness (QED) is 0.854. The van der Waals surface area contributed by atoms with Crippen LogP contribution in [0.15, 0.2) is 48.8 Å². The summed E-state index contributed by atoms with van der Waals surface area (Å²) in [4.78, 5) is 3.98. The molecule has 2 aromatic rings. The molecule has 0 atom stereocenters. The summed E-state index contributed by atoms with van der Waals surface area (Å²) in [5.74, 6) is 0.899. The fourth-order valence-electron chi connectivity index (χ4n) is 1.61. The lowest BCUT2D eigenvalue weighted by atomic mass is 10.1. The Hall–Kier alpha value is -2.03. The maximum Gasteiger partial charge on any atom is 0.118 e. The molecule has 0 radical (unpaired) electrons. The first-order chi connectivity index (χ1) is 8.38. The predicted octanol–water partition coefficient (Wildman–Crippen LogP) is 2.74. The van der Waals surface area contributed by atoms with E-state index in [-0.39, 0.29) is 0 Å². The molecule has 0 fully saturated rings. The molecule has 0 aliphatic heterocycles. The van der Waals surface area contributed by atoms with E-state index in [1.807, 2.05) is 24.3 Å². The van der Waals surface area contributed by atoms with Gasteiger partial charge in [0.25, 0.3) is 0 Å². The minimum atomic E-state index is 0.899. The van der Waals surface area contributed by atoms with Crippen molar-refractivity contribution in [2.24, 2.45) is 0 Å². The van der Waals surface area contributed by atoms with Crippen LogP contribution in [0.4, 0.5) is 5.69 Å². The van der Waals surface area contributed by atoms with Crippen molar-refractivity contribution in [3.63, 3.8) is 0 Å². The van der Waals surface area contributed by atoms with Crippen LogP contribution >= 0.6 is 0 Å². The molecule has 3 nitrogen and oxygen atoms in total. The van der Waals surface area contributed by atoms with Gasteiger partial charge in [0.15, 0.2) is 0 Å². The Kier molecular flexibility index (Phi) is 3.97. The van der Waals surface area contributed by atoms with Crippen molar-refractivity contribution in [2.45, 2.75) is 6.42 Å². The first kappa shape index (κ1) is 11.5. The smallest absolute Gasteiger partial charge is 0.118 e. The van der Waals surface area contributed by atoms with Crippen molar-refractivity contribution in [3.8, 4) is 5.75 Å². The largest absolute Gasteiger partial charge is 0.497 e. The van der Waals surface area contributed by atoms with E-state index in [0.29, 0.717) is 0 Å². The standard InChI is InChI=1S/C14H16N2O/c1-17-14-4-2-12(3-5-14)6-11-16-13-7-9-15-10-8-13/h2-5,7-10H,6,11H2,1H3,(H,15,16). The van der Waals surface area contributed by atoms with Gasteiger partial charge in [-0.3, -0.25) is 4.98 Å². The number of pyridine rings is 1. The van der Waals surface area contributed by atoms with Crippen molar-refractivity contribution in [2.75, 3.05) is 19.0 Å². The van der Waals surface area contributed by atoms with E-state index in [4.69, 9.17) is 4.74 Å². The van der Waals surface area contributed by atoms with Crippen LogP contribution in [-0.4, -0.2) is 18.6 Å². The number of hydrogen-bond acceptors (Lipinski definition) is 3. The van der Waals surface area contributed by atoms with Gasteiger partial charge in [0, 0.05) is 24.6 Å². The Morgan fingerprint density at radius 1 is 1.06 bits per heavy atom. The molecular formula is C14H16N2O. The van der Waals surface area contributed by atoms with Gasteiger partial charge >= 0.3 is 0 Å². The zero-order valence-electron chi connectivity index (χ0n) is 9.89. The first-order valence-electron chi connectivity index (χ1n) is 5.65. The summed E-state index contributed by atoms with van der Waals surface area (Å²) >= 11 is 0. The lowest BCUT2D eigenvalue weighted by Crippen LogP contribution is -2.04. The Morgan fingerprint density at radius 3 is 2.41 bits per heavy atom. The minimum Gasteiger partial charge on any atom is -0.497 e. The van der Waals surface area contributed by atoms with Crippen LogP contribution in [-0.2, 0) is 6.42 Å². The summed E-state index contributed by atoms with van der Waals surface area (Å²) in [6, 6.07) is 12.1. The lowest BCUT2D eigenvalue weighted by Gasteiger charge is -2.06. The molecule has 17 heavy (non-hydrogen) atoms. The summed E-state index contributed by atoms with van der Waals surface area (Å²) < 4.78 is 5.12. The maximum absolute atomic E-state index is 5.12. The van der Waals surface area contributed by atoms with Crippen molar-refractivity contribution in [3.05, 3.63) is 54.4 Å². The Balaban J connectivity index is 1.82. The Morgan fingerprint density at radius 2 is 1.76 bits per heavy atom. The van der Waals surface area contributed by atoms with Gasteiger partial charge in [0.1, 0.15) is 5.75 Å². The van der Waals surface area contributed by atoms with Crippen LogP contribution in [0.3, 0.4) is 0 Å². The van der Waals surface area contributed by atoms with E-state index in [9.17, 15) is 0 Å². The number of nitrogens with one attached hydrogen (secondary N) is 1. The zero-order chi connectivity index (χ0) is 11.9. The number of methoxy groups -OCH3 is 1. The molecule has 0 aliphatic rings. The second-order valence-electron chi connectivity index (χ2n) is 3.76. The second kappa shape index (κ2) is 5.89. The maximum atomic E-state index is 5.12. The molecule has 0 unspecified atom stereocenters. The van der Waals surface area contributed by atoms with Crippen molar-refractivity contribution in [1.82, 2.24) is 4.98 Å². The van der Waals surface area contributed by atoms with Gasteiger partial charge in [-0.15, -0.1) is 0 Å². The van der Waals surface area contributed by atoms with Crippen molar-refractivity contribution >= 4 is 5.69 Å². The third-order valence-corrected chi connectivity index (χ3v) is 2.58. The van der Waals surface area contributed by atoms with E-state index < -0.39 is 0 Å². The number of benzene rings is 1. The zero-order valence-corrected chi connectivity index (χ0v) is 9.89. The van der Waals surface area contributed by atoms with Crippen LogP contribution in [0.1, 0.15) is 5.56 Å². The van der Waals surface area contributed by atoms with Gasteiger partial charge in [-0.2, -0.15) is 0 Å². The van der Waals surface area contributed by atoms with Crippen LogP contribution < -0.4 is 10.1 Å². The molecular weight excluding hydrogens is 212 g/mol. The molecule has 1 heterocycles. The van der Waals surface area contributed by atoms with E-state index in [1.165, 1.54) is 5.56 Å². The number of anilines is 1. The molecule has 0 bridgehead atoms. The second-order valence-corrected chi connectivity index (χ2v) is 3.76. The molecule has 0 saturated heterocycles. The third kappa shape index (κ3) is 3.48. The van der Waals surface area contributed by atoms with Gasteiger partial charge in [0.2, 0.25) is 0 Å². The van der Waals surface area contributed by atoms with Gasteiger partial charge in [-0.1, -0.05) is 12.1 Å². The normalized spacial score (nSPS) is 9.94. The molecule has 0 spiro atoms. The minimum absolute atomic E-state index is 0.899. The Labute approximate surface area is 101 Å². The molecule has 2 rings (SSSR count). The number of rotatable bonds is 5. The molecule has 0 amide bonds. The first-order valence-corrected chi connectivity index (χ1v) is 5.65. The van der Waals surface area contributed by atoms with E-state index in [1.54, 1.807) is 19.5 Å². The molecule has 0 aliphatic carbocycles. The van der Waals surface area contributed by atoms with Crippen molar-refractivity contribution in [1.29, 1.82) is 0 Å². The van der Waals surface area contributed by atoms with Crippen LogP contribution in [0.25, 0.3) is 0 Å². The molecule has 88 valence electrons. The predicted molar refractivity (Wildman–Crippen MR) is 69.4 cm³/mol. The van der Waals surface area contributed by atoms with E-state index in [0.717, 1.165) is 24.4 Å². The topological polar surface area (TPSA) is 34.1 Å². The number of hydrogen-bond donors (Lipinski definition) is 1. The molecule has 0 saturated carbocycles. The van der Waals surface area contributed by atoms with E-state index in [2.05, 4.69) is 22.4 Å². The molecule has 3 heteroatoms. The summed E-state index contributed by atoms with van der Waals surface area (Å²) in [7, 11) is 1.68. The van der Waals surface area contributed by atoms with E-state index >= 15 is 0 Å². The average Bonchev–Trinajstić information content (AvgIpc) is 2.41. The lowest BCUT2D eigenvalue weighted by molar-refractivity contribution is 0.414. The fourth-order valence-corrected chi connectivity index (χ4v) is 1.61. The number of aromatic nitrogens is 1. The van der Waals surface area contributed by atoms with Gasteiger partial charge in [-0.25, -0.2) is 0 Å².